The summed E-state index contributed by atoms with van der Waals surface area (Å²) in [6, 6.07) is 21.0. The summed E-state index contributed by atoms with van der Waals surface area (Å²) in [6.07, 6.45) is 0.327. The Labute approximate surface area is 191 Å². The topological polar surface area (TPSA) is 46.9 Å². The molecule has 31 heavy (non-hydrogen) atoms. The molecule has 0 bridgehead atoms. The molecule has 1 heterocycles. The van der Waals surface area contributed by atoms with Crippen molar-refractivity contribution < 1.29 is 4.79 Å². The van der Waals surface area contributed by atoms with E-state index in [-0.39, 0.29) is 11.9 Å². The van der Waals surface area contributed by atoms with Crippen LogP contribution in [0.25, 0.3) is 11.0 Å². The van der Waals surface area contributed by atoms with Crippen LogP contribution in [0.3, 0.4) is 0 Å². The molecule has 1 aromatic heterocycles. The van der Waals surface area contributed by atoms with Crippen LogP contribution < -0.4 is 5.32 Å². The summed E-state index contributed by atoms with van der Waals surface area (Å²) in [5.74, 6) is 0.714. The average Bonchev–Trinajstić information content (AvgIpc) is 3.11. The number of halogens is 2. The molecule has 1 N–H and O–H groups in total. The van der Waals surface area contributed by atoms with E-state index < -0.39 is 0 Å². The predicted octanol–water partition coefficient (Wildman–Crippen LogP) is 6.12. The fourth-order valence-corrected chi connectivity index (χ4v) is 4.29. The van der Waals surface area contributed by atoms with Gasteiger partial charge in [0.2, 0.25) is 5.91 Å². The van der Waals surface area contributed by atoms with Crippen LogP contribution in [0.5, 0.6) is 0 Å². The number of amides is 1. The molecule has 4 rings (SSSR count). The molecule has 3 aromatic carbocycles. The van der Waals surface area contributed by atoms with Gasteiger partial charge in [-0.05, 0) is 49.2 Å². The molecule has 4 nitrogen and oxygen atoms in total. The van der Waals surface area contributed by atoms with E-state index >= 15 is 0 Å². The third-order valence-electron chi connectivity index (χ3n) is 5.44. The maximum absolute atomic E-state index is 12.8. The number of hydrogen-bond donors (Lipinski definition) is 1. The Bertz CT molecular complexity index is 1230. The summed E-state index contributed by atoms with van der Waals surface area (Å²) in [5.41, 5.74) is 4.78. The van der Waals surface area contributed by atoms with Gasteiger partial charge in [0.25, 0.3) is 0 Å². The minimum Gasteiger partial charge on any atom is -0.346 e. The highest BCUT2D eigenvalue weighted by Crippen LogP contribution is 2.29. The molecule has 1 atom stereocenters. The van der Waals surface area contributed by atoms with Gasteiger partial charge in [-0.2, -0.15) is 0 Å². The molecule has 0 saturated carbocycles. The molecule has 0 aliphatic rings. The molecular weight excluding hydrogens is 429 g/mol. The second-order valence-corrected chi connectivity index (χ2v) is 8.45. The number of imidazole rings is 1. The van der Waals surface area contributed by atoms with E-state index in [1.54, 1.807) is 0 Å². The maximum atomic E-state index is 12.8. The molecule has 0 radical (unpaired) electrons. The van der Waals surface area contributed by atoms with Gasteiger partial charge in [-0.25, -0.2) is 4.98 Å². The normalized spacial score (nSPS) is 12.1. The van der Waals surface area contributed by atoms with Gasteiger partial charge < -0.3 is 9.88 Å². The number of aromatic nitrogens is 2. The Morgan fingerprint density at radius 1 is 1.00 bits per heavy atom. The number of aryl methyl sites for hydroxylation is 1. The molecule has 4 aromatic rings. The van der Waals surface area contributed by atoms with Gasteiger partial charge in [0.1, 0.15) is 5.82 Å². The van der Waals surface area contributed by atoms with E-state index in [0.717, 1.165) is 33.5 Å². The number of carbonyl (C=O) groups excluding carboxylic acids is 1. The van der Waals surface area contributed by atoms with E-state index in [1.807, 2.05) is 80.6 Å². The highest BCUT2D eigenvalue weighted by Gasteiger charge is 2.20. The fraction of sp³-hybridized carbons (Fsp3) is 0.200. The average molecular weight is 452 g/mol. The Kier molecular flexibility index (Phi) is 6.30. The van der Waals surface area contributed by atoms with Gasteiger partial charge in [0.05, 0.1) is 30.0 Å². The lowest BCUT2D eigenvalue weighted by Gasteiger charge is -2.18. The molecule has 0 saturated heterocycles. The quantitative estimate of drug-likeness (QED) is 0.383. The number of hydrogen-bond acceptors (Lipinski definition) is 2. The zero-order valence-electron chi connectivity index (χ0n) is 17.4. The summed E-state index contributed by atoms with van der Waals surface area (Å²) >= 11 is 12.9. The summed E-state index contributed by atoms with van der Waals surface area (Å²) < 4.78 is 2.07. The summed E-state index contributed by atoms with van der Waals surface area (Å²) in [7, 11) is 0. The number of nitrogens with one attached hydrogen (secondary N) is 1. The van der Waals surface area contributed by atoms with Crippen molar-refractivity contribution in [3.8, 4) is 0 Å². The number of para-hydroxylation sites is 2. The minimum absolute atomic E-state index is 0.0452. The van der Waals surface area contributed by atoms with Crippen molar-refractivity contribution in [2.24, 2.45) is 0 Å². The number of nitrogens with zero attached hydrogens (tertiary/aromatic N) is 2. The van der Waals surface area contributed by atoms with Crippen LogP contribution in [0.4, 0.5) is 0 Å². The van der Waals surface area contributed by atoms with Gasteiger partial charge in [-0.1, -0.05) is 65.7 Å². The van der Waals surface area contributed by atoms with Crippen LogP contribution in [0.15, 0.2) is 66.7 Å². The molecule has 158 valence electrons. The number of fused-ring (bicyclic) bond motifs is 1. The van der Waals surface area contributed by atoms with E-state index in [4.69, 9.17) is 28.2 Å². The van der Waals surface area contributed by atoms with Crippen LogP contribution in [-0.4, -0.2) is 15.5 Å². The van der Waals surface area contributed by atoms with Crippen molar-refractivity contribution in [1.82, 2.24) is 14.9 Å². The molecule has 0 spiro atoms. The van der Waals surface area contributed by atoms with Crippen molar-refractivity contribution >= 4 is 40.1 Å². The summed E-state index contributed by atoms with van der Waals surface area (Å²) in [5, 5.41) is 4.31. The van der Waals surface area contributed by atoms with Gasteiger partial charge in [0.15, 0.2) is 0 Å². The van der Waals surface area contributed by atoms with Gasteiger partial charge >= 0.3 is 0 Å². The summed E-state index contributed by atoms with van der Waals surface area (Å²) in [4.78, 5) is 17.6. The van der Waals surface area contributed by atoms with Crippen molar-refractivity contribution in [2.45, 2.75) is 32.9 Å². The number of rotatable bonds is 6. The van der Waals surface area contributed by atoms with Crippen molar-refractivity contribution in [1.29, 1.82) is 0 Å². The minimum atomic E-state index is -0.287. The number of carbonyl (C=O) groups is 1. The van der Waals surface area contributed by atoms with Crippen molar-refractivity contribution in [2.75, 3.05) is 0 Å². The third kappa shape index (κ3) is 4.60. The maximum Gasteiger partial charge on any atom is 0.225 e. The van der Waals surface area contributed by atoms with Crippen molar-refractivity contribution in [3.05, 3.63) is 99.3 Å². The van der Waals surface area contributed by atoms with Gasteiger partial charge in [-0.15, -0.1) is 0 Å². The van der Waals surface area contributed by atoms with Crippen LogP contribution in [0.1, 0.15) is 35.5 Å². The van der Waals surface area contributed by atoms with Crippen LogP contribution in [0, 0.1) is 6.92 Å². The fourth-order valence-electron chi connectivity index (χ4n) is 3.77. The Morgan fingerprint density at radius 3 is 2.42 bits per heavy atom. The zero-order chi connectivity index (χ0) is 22.0. The largest absolute Gasteiger partial charge is 0.346 e. The predicted molar refractivity (Wildman–Crippen MR) is 127 cm³/mol. The first-order chi connectivity index (χ1) is 14.9. The Balaban J connectivity index is 1.64. The first-order valence-electron chi connectivity index (χ1n) is 10.2. The molecule has 6 heteroatoms. The van der Waals surface area contributed by atoms with Crippen LogP contribution >= 0.6 is 23.2 Å². The highest BCUT2D eigenvalue weighted by molar-refractivity contribution is 6.36. The Hall–Kier alpha value is -2.82. The molecular formula is C25H23Cl2N3O. The van der Waals surface area contributed by atoms with E-state index in [2.05, 4.69) is 9.88 Å². The lowest BCUT2D eigenvalue weighted by atomic mass is 10.1. The lowest BCUT2D eigenvalue weighted by molar-refractivity contribution is -0.121. The SMILES string of the molecule is Cc1ccccc1CC(=O)NC(C)c1nc2ccccc2n1Cc1c(Cl)cccc1Cl. The molecule has 1 amide bonds. The first-order valence-corrected chi connectivity index (χ1v) is 10.9. The zero-order valence-corrected chi connectivity index (χ0v) is 18.9. The third-order valence-corrected chi connectivity index (χ3v) is 6.15. The molecule has 0 fully saturated rings. The monoisotopic (exact) mass is 451 g/mol. The van der Waals surface area contributed by atoms with Crippen molar-refractivity contribution in [3.63, 3.8) is 0 Å². The van der Waals surface area contributed by atoms with Crippen LogP contribution in [0.2, 0.25) is 10.0 Å². The first kappa shape index (κ1) is 21.4. The van der Waals surface area contributed by atoms with Gasteiger partial charge in [-0.3, -0.25) is 4.79 Å². The number of benzene rings is 3. The molecule has 0 aliphatic carbocycles. The second-order valence-electron chi connectivity index (χ2n) is 7.64. The van der Waals surface area contributed by atoms with E-state index in [1.165, 1.54) is 0 Å². The summed E-state index contributed by atoms with van der Waals surface area (Å²) in [6.45, 7) is 4.42. The second kappa shape index (κ2) is 9.13. The standard InChI is InChI=1S/C25H23Cl2N3O/c1-16-8-3-4-9-18(16)14-24(31)28-17(2)25-29-22-12-5-6-13-23(22)30(25)15-19-20(26)10-7-11-21(19)27/h3-13,17H,14-15H2,1-2H3,(H,28,31). The van der Waals surface area contributed by atoms with E-state index in [9.17, 15) is 4.79 Å². The molecule has 0 aliphatic heterocycles. The highest BCUT2D eigenvalue weighted by atomic mass is 35.5. The van der Waals surface area contributed by atoms with Crippen LogP contribution in [-0.2, 0) is 17.8 Å². The Morgan fingerprint density at radius 2 is 1.68 bits per heavy atom. The van der Waals surface area contributed by atoms with E-state index in [0.29, 0.717) is 23.0 Å². The lowest BCUT2D eigenvalue weighted by Crippen LogP contribution is -2.30. The molecule has 1 unspecified atom stereocenters. The van der Waals surface area contributed by atoms with Gasteiger partial charge in [0, 0.05) is 15.6 Å². The smallest absolute Gasteiger partial charge is 0.225 e.